The van der Waals surface area contributed by atoms with Crippen LogP contribution in [-0.4, -0.2) is 24.0 Å². The van der Waals surface area contributed by atoms with Crippen LogP contribution in [0.5, 0.6) is 0 Å². The van der Waals surface area contributed by atoms with E-state index in [1.54, 1.807) is 6.07 Å². The monoisotopic (exact) mass is 426 g/mol. The number of anilines is 3. The first kappa shape index (κ1) is 19.2. The van der Waals surface area contributed by atoms with E-state index in [0.717, 1.165) is 38.9 Å². The Morgan fingerprint density at radius 1 is 0.828 bits per heavy atom. The summed E-state index contributed by atoms with van der Waals surface area (Å²) < 4.78 is 0. The largest absolute Gasteiger partial charge is 0.383 e. The summed E-state index contributed by atoms with van der Waals surface area (Å²) >= 11 is 12.1. The summed E-state index contributed by atoms with van der Waals surface area (Å²) in [6, 6.07) is 17.9. The summed E-state index contributed by atoms with van der Waals surface area (Å²) in [4.78, 5) is 7.43. The lowest BCUT2D eigenvalue weighted by Gasteiger charge is -2.08. The molecular weight excluding hydrogens is 407 g/mol. The van der Waals surface area contributed by atoms with Gasteiger partial charge in [0, 0.05) is 45.4 Å². The highest BCUT2D eigenvalue weighted by Crippen LogP contribution is 2.32. The summed E-state index contributed by atoms with van der Waals surface area (Å²) in [5, 5.41) is 10.0. The van der Waals surface area contributed by atoms with Gasteiger partial charge in [-0.2, -0.15) is 0 Å². The van der Waals surface area contributed by atoms with Crippen molar-refractivity contribution in [2.75, 3.05) is 23.7 Å². The third kappa shape index (κ3) is 4.34. The smallest absolute Gasteiger partial charge is 0.185 e. The van der Waals surface area contributed by atoms with Gasteiger partial charge in [-0.15, -0.1) is 0 Å². The van der Waals surface area contributed by atoms with Gasteiger partial charge >= 0.3 is 0 Å². The number of benzene rings is 3. The molecule has 0 aliphatic carbocycles. The third-order valence-corrected chi connectivity index (χ3v) is 5.28. The van der Waals surface area contributed by atoms with E-state index in [-0.39, 0.29) is 5.96 Å². The predicted octanol–water partition coefficient (Wildman–Crippen LogP) is 5.06. The van der Waals surface area contributed by atoms with Gasteiger partial charge in [0.15, 0.2) is 5.96 Å². The number of nitrogens with two attached hydrogens (primary N) is 2. The second-order valence-corrected chi connectivity index (χ2v) is 7.45. The van der Waals surface area contributed by atoms with E-state index in [4.69, 9.17) is 34.7 Å². The average Bonchev–Trinajstić information content (AvgIpc) is 3.05. The summed E-state index contributed by atoms with van der Waals surface area (Å²) in [5.41, 5.74) is 15.7. The Hall–Kier alpha value is -3.09. The molecule has 1 heterocycles. The third-order valence-electron chi connectivity index (χ3n) is 4.54. The van der Waals surface area contributed by atoms with Crippen LogP contribution in [0.4, 0.5) is 17.1 Å². The molecule has 0 atom stereocenters. The molecule has 0 bridgehead atoms. The van der Waals surface area contributed by atoms with Crippen molar-refractivity contribution in [2.45, 2.75) is 0 Å². The van der Waals surface area contributed by atoms with Gasteiger partial charge in [0.1, 0.15) is 0 Å². The molecule has 4 aromatic rings. The molecule has 7 N–H and O–H groups in total. The quantitative estimate of drug-likeness (QED) is 0.169. The number of nitrogens with one attached hydrogen (secondary N) is 3. The Kier molecular flexibility index (Phi) is 5.38. The number of hydrogen-bond donors (Lipinski definition) is 5. The molecule has 0 radical (unpaired) electrons. The Morgan fingerprint density at radius 3 is 2.14 bits per heavy atom. The molecule has 0 aliphatic rings. The van der Waals surface area contributed by atoms with Crippen molar-refractivity contribution in [2.24, 2.45) is 16.5 Å². The fourth-order valence-electron chi connectivity index (χ4n) is 3.21. The van der Waals surface area contributed by atoms with Crippen molar-refractivity contribution in [3.63, 3.8) is 0 Å². The molecule has 148 valence electrons. The molecule has 3 aromatic carbocycles. The molecule has 0 spiro atoms. The number of fused-ring (bicyclic) bond motifs is 3. The number of nitrogens with zero attached hydrogens (tertiary/aromatic N) is 1. The van der Waals surface area contributed by atoms with Crippen LogP contribution < -0.4 is 22.1 Å². The zero-order valence-electron chi connectivity index (χ0n) is 15.5. The predicted molar refractivity (Wildman–Crippen MR) is 125 cm³/mol. The van der Waals surface area contributed by atoms with Crippen LogP contribution in [0.15, 0.2) is 59.6 Å². The minimum Gasteiger partial charge on any atom is -0.383 e. The van der Waals surface area contributed by atoms with E-state index in [1.807, 2.05) is 24.3 Å². The van der Waals surface area contributed by atoms with Gasteiger partial charge < -0.3 is 27.1 Å². The number of guanidine groups is 1. The number of hydrogen-bond acceptors (Lipinski definition) is 3. The second-order valence-electron chi connectivity index (χ2n) is 6.63. The lowest BCUT2D eigenvalue weighted by atomic mass is 10.1. The molecule has 0 saturated heterocycles. The van der Waals surface area contributed by atoms with E-state index < -0.39 is 0 Å². The number of aromatic nitrogens is 1. The first-order chi connectivity index (χ1) is 14.0. The van der Waals surface area contributed by atoms with E-state index >= 15 is 0 Å². The lowest BCUT2D eigenvalue weighted by molar-refractivity contribution is 1.02. The van der Waals surface area contributed by atoms with E-state index in [2.05, 4.69) is 44.9 Å². The molecule has 0 saturated carbocycles. The zero-order chi connectivity index (χ0) is 20.4. The number of aliphatic imine (C=N–C) groups is 1. The zero-order valence-corrected chi connectivity index (χ0v) is 17.0. The van der Waals surface area contributed by atoms with Gasteiger partial charge in [0.2, 0.25) is 0 Å². The van der Waals surface area contributed by atoms with E-state index in [1.165, 1.54) is 0 Å². The maximum absolute atomic E-state index is 6.12. The summed E-state index contributed by atoms with van der Waals surface area (Å²) in [6.45, 7) is 1.17. The minimum absolute atomic E-state index is 0.0980. The standard InChI is InChI=1S/C21H20Cl2N6/c22-17-4-1-14(11-18(17)23)28-13-3-6-20-16(10-13)15-9-12(2-5-19(15)29-20)26-7-8-27-21(24)25/h1-6,9-11,26,28-29H,7-8H2,(H4,24,25,27). The highest BCUT2D eigenvalue weighted by atomic mass is 35.5. The van der Waals surface area contributed by atoms with E-state index in [0.29, 0.717) is 23.1 Å². The molecule has 1 aromatic heterocycles. The van der Waals surface area contributed by atoms with Gasteiger partial charge in [-0.25, -0.2) is 0 Å². The number of H-pyrrole nitrogens is 1. The Morgan fingerprint density at radius 2 is 1.45 bits per heavy atom. The van der Waals surface area contributed by atoms with Crippen LogP contribution in [0, 0.1) is 0 Å². The van der Waals surface area contributed by atoms with Crippen molar-refractivity contribution in [3.05, 3.63) is 64.6 Å². The molecule has 0 aliphatic heterocycles. The molecule has 6 nitrogen and oxygen atoms in total. The van der Waals surface area contributed by atoms with Crippen LogP contribution in [0.3, 0.4) is 0 Å². The normalized spacial score (nSPS) is 11.0. The number of aromatic amines is 1. The Labute approximate surface area is 177 Å². The summed E-state index contributed by atoms with van der Waals surface area (Å²) in [5.74, 6) is 0.0980. The van der Waals surface area contributed by atoms with Crippen LogP contribution >= 0.6 is 23.2 Å². The molecular formula is C21H20Cl2N6. The van der Waals surface area contributed by atoms with Crippen LogP contribution in [0.1, 0.15) is 0 Å². The topological polar surface area (TPSA) is 104 Å². The van der Waals surface area contributed by atoms with Crippen molar-refractivity contribution in [1.82, 2.24) is 4.98 Å². The van der Waals surface area contributed by atoms with Crippen LogP contribution in [0.25, 0.3) is 21.8 Å². The first-order valence-electron chi connectivity index (χ1n) is 9.06. The van der Waals surface area contributed by atoms with Gasteiger partial charge in [-0.1, -0.05) is 23.2 Å². The van der Waals surface area contributed by atoms with Gasteiger partial charge in [0.05, 0.1) is 16.6 Å². The molecule has 29 heavy (non-hydrogen) atoms. The number of halogens is 2. The lowest BCUT2D eigenvalue weighted by Crippen LogP contribution is -2.23. The maximum Gasteiger partial charge on any atom is 0.185 e. The van der Waals surface area contributed by atoms with Gasteiger partial charge in [-0.05, 0) is 54.6 Å². The fraction of sp³-hybridized carbons (Fsp3) is 0.0952. The molecule has 4 rings (SSSR count). The van der Waals surface area contributed by atoms with Crippen LogP contribution in [0.2, 0.25) is 10.0 Å². The Bertz CT molecular complexity index is 1210. The van der Waals surface area contributed by atoms with Crippen molar-refractivity contribution in [1.29, 1.82) is 0 Å². The fourth-order valence-corrected chi connectivity index (χ4v) is 3.51. The second kappa shape index (κ2) is 8.11. The summed E-state index contributed by atoms with van der Waals surface area (Å²) in [6.07, 6.45) is 0. The van der Waals surface area contributed by atoms with Crippen molar-refractivity contribution < 1.29 is 0 Å². The van der Waals surface area contributed by atoms with Crippen LogP contribution in [-0.2, 0) is 0 Å². The molecule has 0 unspecified atom stereocenters. The van der Waals surface area contributed by atoms with Gasteiger partial charge in [0.25, 0.3) is 0 Å². The Balaban J connectivity index is 1.61. The first-order valence-corrected chi connectivity index (χ1v) is 9.82. The SMILES string of the molecule is NC(N)=NCCNc1ccc2[nH]c3ccc(Nc4ccc(Cl)c(Cl)c4)cc3c2c1. The molecule has 0 amide bonds. The van der Waals surface area contributed by atoms with Crippen molar-refractivity contribution >= 4 is 68.0 Å². The van der Waals surface area contributed by atoms with E-state index in [9.17, 15) is 0 Å². The highest BCUT2D eigenvalue weighted by molar-refractivity contribution is 6.42. The number of rotatable bonds is 6. The summed E-state index contributed by atoms with van der Waals surface area (Å²) in [7, 11) is 0. The maximum atomic E-state index is 6.12. The molecule has 8 heteroatoms. The highest BCUT2D eigenvalue weighted by Gasteiger charge is 2.07. The molecule has 0 fully saturated rings. The minimum atomic E-state index is 0.0980. The van der Waals surface area contributed by atoms with Gasteiger partial charge in [-0.3, -0.25) is 4.99 Å². The van der Waals surface area contributed by atoms with Crippen molar-refractivity contribution in [3.8, 4) is 0 Å². The average molecular weight is 427 g/mol.